The first kappa shape index (κ1) is 17.2. The van der Waals surface area contributed by atoms with Crippen molar-refractivity contribution in [3.8, 4) is 0 Å². The smallest absolute Gasteiger partial charge is 0.294 e. The van der Waals surface area contributed by atoms with Gasteiger partial charge in [0.05, 0.1) is 5.52 Å². The number of aromatic nitrogens is 2. The van der Waals surface area contributed by atoms with Gasteiger partial charge in [0.2, 0.25) is 5.82 Å². The normalized spacial score (nSPS) is 12.8. The summed E-state index contributed by atoms with van der Waals surface area (Å²) < 4.78 is 1.68. The van der Waals surface area contributed by atoms with E-state index in [4.69, 9.17) is 0 Å². The minimum absolute atomic E-state index is 0.213. The number of nitrogens with one attached hydrogen (secondary N) is 1. The lowest BCUT2D eigenvalue weighted by Gasteiger charge is -2.16. The summed E-state index contributed by atoms with van der Waals surface area (Å²) in [5.41, 5.74) is 3.54. The van der Waals surface area contributed by atoms with Gasteiger partial charge in [-0.2, -0.15) is 0 Å². The number of amides is 2. The number of hydrogen-bond acceptors (Lipinski definition) is 3. The Morgan fingerprint density at radius 2 is 1.66 bits per heavy atom. The largest absolute Gasteiger partial charge is 0.321 e. The number of anilines is 2. The van der Waals surface area contributed by atoms with Crippen molar-refractivity contribution in [2.45, 2.75) is 6.42 Å². The van der Waals surface area contributed by atoms with Crippen molar-refractivity contribution in [3.05, 3.63) is 96.1 Å². The Bertz CT molecular complexity index is 1230. The third kappa shape index (κ3) is 2.95. The molecule has 6 nitrogen and oxygen atoms in total. The van der Waals surface area contributed by atoms with Crippen molar-refractivity contribution in [1.82, 2.24) is 9.38 Å². The van der Waals surface area contributed by atoms with Gasteiger partial charge in [-0.1, -0.05) is 42.5 Å². The highest BCUT2D eigenvalue weighted by molar-refractivity contribution is 6.11. The summed E-state index contributed by atoms with van der Waals surface area (Å²) in [4.78, 5) is 32.4. The molecule has 0 saturated carbocycles. The summed E-state index contributed by atoms with van der Waals surface area (Å²) >= 11 is 0. The Labute approximate surface area is 167 Å². The molecule has 0 fully saturated rings. The van der Waals surface area contributed by atoms with Gasteiger partial charge in [-0.15, -0.1) is 0 Å². The molecule has 0 bridgehead atoms. The second-order valence-corrected chi connectivity index (χ2v) is 6.90. The Kier molecular flexibility index (Phi) is 4.09. The number of pyridine rings is 1. The number of nitrogens with zero attached hydrogens (tertiary/aromatic N) is 3. The maximum atomic E-state index is 13.3. The molecule has 2 aromatic heterocycles. The highest BCUT2D eigenvalue weighted by atomic mass is 16.2. The van der Waals surface area contributed by atoms with E-state index in [9.17, 15) is 9.59 Å². The Balaban J connectivity index is 1.54. The molecule has 0 saturated heterocycles. The lowest BCUT2D eigenvalue weighted by atomic mass is 10.2. The minimum atomic E-state index is -0.347. The quantitative estimate of drug-likeness (QED) is 0.586. The Morgan fingerprint density at radius 1 is 0.897 bits per heavy atom. The summed E-state index contributed by atoms with van der Waals surface area (Å²) in [6, 6.07) is 22.5. The number of fused-ring (bicyclic) bond motifs is 2. The number of carbonyl (C=O) groups excluding carboxylic acids is 2. The minimum Gasteiger partial charge on any atom is -0.321 e. The van der Waals surface area contributed by atoms with Crippen molar-refractivity contribution in [2.75, 3.05) is 16.8 Å². The molecule has 142 valence electrons. The van der Waals surface area contributed by atoms with Crippen LogP contribution in [0.3, 0.4) is 0 Å². The van der Waals surface area contributed by atoms with E-state index < -0.39 is 0 Å². The first-order chi connectivity index (χ1) is 14.2. The average Bonchev–Trinajstić information content (AvgIpc) is 3.36. The molecule has 0 atom stereocenters. The predicted molar refractivity (Wildman–Crippen MR) is 111 cm³/mol. The van der Waals surface area contributed by atoms with Gasteiger partial charge < -0.3 is 10.2 Å². The first-order valence-corrected chi connectivity index (χ1v) is 9.45. The average molecular weight is 382 g/mol. The predicted octanol–water partition coefficient (Wildman–Crippen LogP) is 3.79. The molecular formula is C23H18N4O2. The summed E-state index contributed by atoms with van der Waals surface area (Å²) in [6.45, 7) is 0.603. The van der Waals surface area contributed by atoms with Crippen molar-refractivity contribution in [2.24, 2.45) is 0 Å². The van der Waals surface area contributed by atoms with Gasteiger partial charge in [0.1, 0.15) is 0 Å². The number of hydrogen-bond donors (Lipinski definition) is 1. The van der Waals surface area contributed by atoms with Crippen LogP contribution in [0.5, 0.6) is 0 Å². The van der Waals surface area contributed by atoms with Gasteiger partial charge >= 0.3 is 0 Å². The fourth-order valence-electron chi connectivity index (χ4n) is 3.74. The topological polar surface area (TPSA) is 66.7 Å². The summed E-state index contributed by atoms with van der Waals surface area (Å²) in [5.74, 6) is -0.328. The second-order valence-electron chi connectivity index (χ2n) is 6.90. The highest BCUT2D eigenvalue weighted by Gasteiger charge is 2.29. The molecule has 2 aromatic carbocycles. The van der Waals surface area contributed by atoms with Crippen LogP contribution >= 0.6 is 0 Å². The molecule has 0 unspecified atom stereocenters. The van der Waals surface area contributed by atoms with E-state index in [1.807, 2.05) is 66.7 Å². The van der Waals surface area contributed by atoms with Gasteiger partial charge in [0, 0.05) is 24.1 Å². The number of imidazole rings is 1. The van der Waals surface area contributed by atoms with Crippen LogP contribution in [-0.4, -0.2) is 27.7 Å². The fraction of sp³-hybridized carbons (Fsp3) is 0.0870. The van der Waals surface area contributed by atoms with Crippen LogP contribution in [0.15, 0.2) is 79.0 Å². The van der Waals surface area contributed by atoms with Gasteiger partial charge in [-0.25, -0.2) is 4.98 Å². The molecule has 6 heteroatoms. The summed E-state index contributed by atoms with van der Waals surface area (Å²) in [7, 11) is 0. The third-order valence-electron chi connectivity index (χ3n) is 5.12. The maximum absolute atomic E-state index is 13.3. The van der Waals surface area contributed by atoms with E-state index in [1.165, 1.54) is 0 Å². The van der Waals surface area contributed by atoms with Crippen molar-refractivity contribution in [3.63, 3.8) is 0 Å². The van der Waals surface area contributed by atoms with Gasteiger partial charge in [0.25, 0.3) is 11.8 Å². The molecule has 1 aliphatic heterocycles. The van der Waals surface area contributed by atoms with Crippen LogP contribution < -0.4 is 10.2 Å². The third-order valence-corrected chi connectivity index (χ3v) is 5.12. The van der Waals surface area contributed by atoms with Crippen LogP contribution in [0.25, 0.3) is 5.52 Å². The summed E-state index contributed by atoms with van der Waals surface area (Å²) in [5, 5.41) is 2.85. The molecule has 0 radical (unpaired) electrons. The van der Waals surface area contributed by atoms with Crippen molar-refractivity contribution >= 4 is 28.7 Å². The van der Waals surface area contributed by atoms with E-state index in [0.717, 1.165) is 17.7 Å². The molecular weight excluding hydrogens is 364 g/mol. The zero-order valence-corrected chi connectivity index (χ0v) is 15.6. The Morgan fingerprint density at radius 3 is 2.52 bits per heavy atom. The molecule has 3 heterocycles. The zero-order chi connectivity index (χ0) is 19.8. The van der Waals surface area contributed by atoms with Gasteiger partial charge in [-0.3, -0.25) is 14.0 Å². The monoisotopic (exact) mass is 382 g/mol. The second kappa shape index (κ2) is 6.91. The van der Waals surface area contributed by atoms with Gasteiger partial charge in [0.15, 0.2) is 5.69 Å². The highest BCUT2D eigenvalue weighted by Crippen LogP contribution is 2.29. The van der Waals surface area contributed by atoms with E-state index in [1.54, 1.807) is 21.6 Å². The molecule has 0 aliphatic carbocycles. The van der Waals surface area contributed by atoms with E-state index in [-0.39, 0.29) is 23.3 Å². The molecule has 5 rings (SSSR count). The van der Waals surface area contributed by atoms with Gasteiger partial charge in [-0.05, 0) is 42.3 Å². The van der Waals surface area contributed by atoms with E-state index >= 15 is 0 Å². The lowest BCUT2D eigenvalue weighted by Crippen LogP contribution is -2.30. The molecule has 4 aromatic rings. The number of para-hydroxylation sites is 2. The number of rotatable bonds is 3. The SMILES string of the molecule is O=C(Nc1ccccc1)c1nc(C(=O)N2CCc3ccccc32)n2ccccc12. The standard InChI is InChI=1S/C23H18N4O2/c28-22(24-17-9-2-1-3-10-17)20-19-12-6-7-14-26(19)21(25-20)23(29)27-15-13-16-8-4-5-11-18(16)27/h1-12,14H,13,15H2,(H,24,28). The summed E-state index contributed by atoms with van der Waals surface area (Å²) in [6.07, 6.45) is 2.57. The molecule has 29 heavy (non-hydrogen) atoms. The molecule has 0 spiro atoms. The van der Waals surface area contributed by atoms with E-state index in [2.05, 4.69) is 10.3 Å². The van der Waals surface area contributed by atoms with Crippen LogP contribution in [0, 0.1) is 0 Å². The maximum Gasteiger partial charge on any atom is 0.294 e. The van der Waals surface area contributed by atoms with Crippen molar-refractivity contribution in [1.29, 1.82) is 0 Å². The lowest BCUT2D eigenvalue weighted by molar-refractivity contribution is 0.0979. The molecule has 2 amide bonds. The van der Waals surface area contributed by atoms with Crippen LogP contribution in [0.2, 0.25) is 0 Å². The molecule has 1 N–H and O–H groups in total. The number of benzene rings is 2. The van der Waals surface area contributed by atoms with Crippen molar-refractivity contribution < 1.29 is 9.59 Å². The Hall–Kier alpha value is -3.93. The molecule has 1 aliphatic rings. The number of carbonyl (C=O) groups is 2. The first-order valence-electron chi connectivity index (χ1n) is 9.45. The van der Waals surface area contributed by atoms with Crippen LogP contribution in [0.1, 0.15) is 26.7 Å². The van der Waals surface area contributed by atoms with Crippen LogP contribution in [-0.2, 0) is 6.42 Å². The fourth-order valence-corrected chi connectivity index (χ4v) is 3.74. The van der Waals surface area contributed by atoms with Crippen LogP contribution in [0.4, 0.5) is 11.4 Å². The zero-order valence-electron chi connectivity index (χ0n) is 15.6. The van der Waals surface area contributed by atoms with E-state index in [0.29, 0.717) is 17.7 Å².